The molecule has 1 N–H and O–H groups in total. The van der Waals surface area contributed by atoms with Gasteiger partial charge in [0.1, 0.15) is 0 Å². The van der Waals surface area contributed by atoms with Crippen LogP contribution in [-0.4, -0.2) is 54.5 Å². The second-order valence-electron chi connectivity index (χ2n) is 8.54. The minimum absolute atomic E-state index is 0.0408. The Morgan fingerprint density at radius 1 is 1.03 bits per heavy atom. The number of hydrogen-bond acceptors (Lipinski definition) is 4. The molecule has 164 valence electrons. The molecule has 2 heterocycles. The molecule has 2 aliphatic heterocycles. The number of amides is 2. The van der Waals surface area contributed by atoms with Crippen LogP contribution in [0.1, 0.15) is 28.7 Å². The Kier molecular flexibility index (Phi) is 6.99. The number of hydrogen-bond donors (Lipinski definition) is 1. The number of ether oxygens (including phenoxy) is 1. The van der Waals surface area contributed by atoms with Gasteiger partial charge in [0.2, 0.25) is 11.8 Å². The molecule has 2 aromatic rings. The summed E-state index contributed by atoms with van der Waals surface area (Å²) in [5.74, 6) is -0.279. The van der Waals surface area contributed by atoms with Gasteiger partial charge < -0.3 is 15.0 Å². The number of aryl methyl sites for hydroxylation is 1. The van der Waals surface area contributed by atoms with Crippen LogP contribution in [0.25, 0.3) is 0 Å². The molecule has 2 fully saturated rings. The van der Waals surface area contributed by atoms with Crippen molar-refractivity contribution in [3.8, 4) is 0 Å². The van der Waals surface area contributed by atoms with Crippen molar-refractivity contribution in [2.24, 2.45) is 5.92 Å². The van der Waals surface area contributed by atoms with Gasteiger partial charge in [-0.1, -0.05) is 54.1 Å². The molecule has 6 heteroatoms. The van der Waals surface area contributed by atoms with Gasteiger partial charge >= 0.3 is 0 Å². The summed E-state index contributed by atoms with van der Waals surface area (Å²) in [6, 6.07) is 16.4. The highest BCUT2D eigenvalue weighted by molar-refractivity contribution is 5.89. The molecule has 6 nitrogen and oxygen atoms in total. The van der Waals surface area contributed by atoms with Crippen molar-refractivity contribution in [2.75, 3.05) is 32.8 Å². The molecule has 2 aromatic carbocycles. The third kappa shape index (κ3) is 5.71. The summed E-state index contributed by atoms with van der Waals surface area (Å²) < 4.78 is 5.43. The van der Waals surface area contributed by atoms with Gasteiger partial charge in [-0.2, -0.15) is 0 Å². The summed E-state index contributed by atoms with van der Waals surface area (Å²) in [4.78, 5) is 29.4. The van der Waals surface area contributed by atoms with Crippen LogP contribution in [0.5, 0.6) is 0 Å². The standard InChI is InChI=1S/C25H31N3O3/c1-19-6-8-20(9-7-19)16-28-18-23(14-24(28)29)25(30)26-15-21-4-2-3-5-22(21)17-27-10-12-31-13-11-27/h2-9,23H,10-18H2,1H3,(H,26,30). The summed E-state index contributed by atoms with van der Waals surface area (Å²) >= 11 is 0. The third-order valence-corrected chi connectivity index (χ3v) is 6.15. The number of carbonyl (C=O) groups excluding carboxylic acids is 2. The van der Waals surface area contributed by atoms with E-state index in [0.29, 0.717) is 19.6 Å². The fourth-order valence-electron chi connectivity index (χ4n) is 4.23. The summed E-state index contributed by atoms with van der Waals surface area (Å²) in [6.07, 6.45) is 0.285. The third-order valence-electron chi connectivity index (χ3n) is 6.15. The van der Waals surface area contributed by atoms with Gasteiger partial charge in [-0.3, -0.25) is 14.5 Å². The molecule has 1 unspecified atom stereocenters. The average Bonchev–Trinajstić information content (AvgIpc) is 3.15. The van der Waals surface area contributed by atoms with E-state index in [-0.39, 0.29) is 24.2 Å². The van der Waals surface area contributed by atoms with Gasteiger partial charge in [0.25, 0.3) is 0 Å². The van der Waals surface area contributed by atoms with Gasteiger partial charge in [-0.25, -0.2) is 0 Å². The summed E-state index contributed by atoms with van der Waals surface area (Å²) in [5, 5.41) is 3.07. The van der Waals surface area contributed by atoms with Gasteiger partial charge in [0, 0.05) is 45.7 Å². The lowest BCUT2D eigenvalue weighted by Gasteiger charge is -2.27. The zero-order valence-corrected chi connectivity index (χ0v) is 18.2. The van der Waals surface area contributed by atoms with E-state index >= 15 is 0 Å². The normalized spacial score (nSPS) is 19.6. The predicted molar refractivity (Wildman–Crippen MR) is 119 cm³/mol. The first-order valence-electron chi connectivity index (χ1n) is 11.1. The molecule has 2 aliphatic rings. The van der Waals surface area contributed by atoms with Crippen LogP contribution in [0.2, 0.25) is 0 Å². The summed E-state index contributed by atoms with van der Waals surface area (Å²) in [7, 11) is 0. The highest BCUT2D eigenvalue weighted by Gasteiger charge is 2.34. The number of likely N-dealkylation sites (tertiary alicyclic amines) is 1. The number of morpholine rings is 1. The fraction of sp³-hybridized carbons (Fsp3) is 0.440. The van der Waals surface area contributed by atoms with Crippen molar-refractivity contribution in [3.63, 3.8) is 0 Å². The molecule has 4 rings (SSSR count). The molecule has 0 radical (unpaired) electrons. The number of nitrogens with one attached hydrogen (secondary N) is 1. The molecule has 0 spiro atoms. The van der Waals surface area contributed by atoms with E-state index in [0.717, 1.165) is 44.0 Å². The van der Waals surface area contributed by atoms with Crippen LogP contribution < -0.4 is 5.32 Å². The first kappa shape index (κ1) is 21.5. The topological polar surface area (TPSA) is 61.9 Å². The maximum absolute atomic E-state index is 12.8. The number of nitrogens with zero attached hydrogens (tertiary/aromatic N) is 2. The second kappa shape index (κ2) is 10.1. The molecule has 1 atom stereocenters. The fourth-order valence-corrected chi connectivity index (χ4v) is 4.23. The van der Waals surface area contributed by atoms with Crippen molar-refractivity contribution in [1.29, 1.82) is 0 Å². The Labute approximate surface area is 184 Å². The molecule has 31 heavy (non-hydrogen) atoms. The molecule has 0 bridgehead atoms. The quantitative estimate of drug-likeness (QED) is 0.746. The highest BCUT2D eigenvalue weighted by atomic mass is 16.5. The largest absolute Gasteiger partial charge is 0.379 e. The van der Waals surface area contributed by atoms with Crippen molar-refractivity contribution in [3.05, 3.63) is 70.8 Å². The van der Waals surface area contributed by atoms with Crippen LogP contribution >= 0.6 is 0 Å². The van der Waals surface area contributed by atoms with Crippen molar-refractivity contribution in [1.82, 2.24) is 15.1 Å². The number of rotatable bonds is 7. The number of benzene rings is 2. The van der Waals surface area contributed by atoms with Gasteiger partial charge in [-0.05, 0) is 23.6 Å². The zero-order chi connectivity index (χ0) is 21.6. The van der Waals surface area contributed by atoms with Crippen molar-refractivity contribution >= 4 is 11.8 Å². The Hall–Kier alpha value is -2.70. The van der Waals surface area contributed by atoms with Crippen LogP contribution in [0.4, 0.5) is 0 Å². The van der Waals surface area contributed by atoms with Crippen LogP contribution in [0.3, 0.4) is 0 Å². The molecular weight excluding hydrogens is 390 g/mol. The molecule has 2 amide bonds. The van der Waals surface area contributed by atoms with E-state index < -0.39 is 0 Å². The summed E-state index contributed by atoms with van der Waals surface area (Å²) in [5.41, 5.74) is 4.65. The number of carbonyl (C=O) groups is 2. The molecule has 0 saturated carbocycles. The maximum Gasteiger partial charge on any atom is 0.225 e. The second-order valence-corrected chi connectivity index (χ2v) is 8.54. The van der Waals surface area contributed by atoms with Crippen LogP contribution in [-0.2, 0) is 34.0 Å². The maximum atomic E-state index is 12.8. The first-order valence-corrected chi connectivity index (χ1v) is 11.1. The first-order chi connectivity index (χ1) is 15.1. The Morgan fingerprint density at radius 3 is 2.48 bits per heavy atom. The van der Waals surface area contributed by atoms with Crippen LogP contribution in [0.15, 0.2) is 48.5 Å². The summed E-state index contributed by atoms with van der Waals surface area (Å²) in [6.45, 7) is 7.85. The zero-order valence-electron chi connectivity index (χ0n) is 18.2. The average molecular weight is 422 g/mol. The minimum Gasteiger partial charge on any atom is -0.379 e. The van der Waals surface area contributed by atoms with E-state index in [1.54, 1.807) is 4.90 Å². The van der Waals surface area contributed by atoms with Gasteiger partial charge in [0.15, 0.2) is 0 Å². The molecule has 0 aromatic heterocycles. The lowest BCUT2D eigenvalue weighted by Crippen LogP contribution is -2.36. The van der Waals surface area contributed by atoms with Gasteiger partial charge in [-0.15, -0.1) is 0 Å². The Balaban J connectivity index is 1.31. The van der Waals surface area contributed by atoms with E-state index in [1.807, 2.05) is 31.2 Å². The van der Waals surface area contributed by atoms with E-state index in [4.69, 9.17) is 4.74 Å². The molecular formula is C25H31N3O3. The molecule has 0 aliphatic carbocycles. The van der Waals surface area contributed by atoms with E-state index in [1.165, 1.54) is 11.1 Å². The Bertz CT molecular complexity index is 906. The monoisotopic (exact) mass is 421 g/mol. The lowest BCUT2D eigenvalue weighted by atomic mass is 10.1. The highest BCUT2D eigenvalue weighted by Crippen LogP contribution is 2.21. The smallest absolute Gasteiger partial charge is 0.225 e. The van der Waals surface area contributed by atoms with Crippen molar-refractivity contribution < 1.29 is 14.3 Å². The molecule has 2 saturated heterocycles. The van der Waals surface area contributed by atoms with Crippen LogP contribution in [0, 0.1) is 12.8 Å². The van der Waals surface area contributed by atoms with Crippen molar-refractivity contribution in [2.45, 2.75) is 33.0 Å². The Morgan fingerprint density at radius 2 is 1.74 bits per heavy atom. The van der Waals surface area contributed by atoms with E-state index in [2.05, 4.69) is 34.5 Å². The minimum atomic E-state index is -0.288. The van der Waals surface area contributed by atoms with E-state index in [9.17, 15) is 9.59 Å². The SMILES string of the molecule is Cc1ccc(CN2CC(C(=O)NCc3ccccc3CN3CCOCC3)CC2=O)cc1. The lowest BCUT2D eigenvalue weighted by molar-refractivity contribution is -0.129. The predicted octanol–water partition coefficient (Wildman–Crippen LogP) is 2.49. The van der Waals surface area contributed by atoms with Gasteiger partial charge in [0.05, 0.1) is 19.1 Å².